The lowest BCUT2D eigenvalue weighted by atomic mass is 9.96. The zero-order valence-corrected chi connectivity index (χ0v) is 9.00. The summed E-state index contributed by atoms with van der Waals surface area (Å²) in [4.78, 5) is 13.5. The largest absolute Gasteiger partial charge is 0.336 e. The van der Waals surface area contributed by atoms with Gasteiger partial charge in [-0.05, 0) is 26.2 Å². The Labute approximate surface area is 80.6 Å². The van der Waals surface area contributed by atoms with Gasteiger partial charge in [-0.3, -0.25) is 4.79 Å². The first-order valence-corrected chi connectivity index (χ1v) is 5.03. The molecule has 74 valence electrons. The van der Waals surface area contributed by atoms with Crippen molar-refractivity contribution in [3.63, 3.8) is 0 Å². The molecule has 0 N–H and O–H groups in total. The maximum atomic E-state index is 11.6. The summed E-state index contributed by atoms with van der Waals surface area (Å²) in [6.07, 6.45) is 2.86. The molecular weight excluding hydrogens is 162 g/mol. The third kappa shape index (κ3) is 2.33. The molecule has 0 saturated carbocycles. The molecule has 2 nitrogen and oxygen atoms in total. The fraction of sp³-hybridized carbons (Fsp3) is 0.727. The summed E-state index contributed by atoms with van der Waals surface area (Å²) in [7, 11) is 0. The number of hydrogen-bond donors (Lipinski definition) is 0. The van der Waals surface area contributed by atoms with Crippen LogP contribution in [-0.4, -0.2) is 23.4 Å². The van der Waals surface area contributed by atoms with Crippen molar-refractivity contribution in [2.45, 2.75) is 40.2 Å². The molecule has 1 rings (SSSR count). The minimum absolute atomic E-state index is 0.185. The molecule has 0 bridgehead atoms. The molecular formula is C11H19NO. The van der Waals surface area contributed by atoms with E-state index in [0.29, 0.717) is 12.0 Å². The second kappa shape index (κ2) is 3.95. The second-order valence-corrected chi connectivity index (χ2v) is 4.25. The topological polar surface area (TPSA) is 20.3 Å². The maximum absolute atomic E-state index is 11.6. The van der Waals surface area contributed by atoms with Crippen LogP contribution in [0.25, 0.3) is 0 Å². The Bertz CT molecular complexity index is 228. The normalized spacial score (nSPS) is 18.5. The first kappa shape index (κ1) is 10.3. The number of amides is 1. The van der Waals surface area contributed by atoms with Crippen LogP contribution < -0.4 is 0 Å². The molecule has 0 radical (unpaired) electrons. The highest BCUT2D eigenvalue weighted by molar-refractivity contribution is 5.89. The molecule has 0 spiro atoms. The molecule has 1 heterocycles. The molecule has 2 heteroatoms. The lowest BCUT2D eigenvalue weighted by Gasteiger charge is -2.30. The summed E-state index contributed by atoms with van der Waals surface area (Å²) >= 11 is 0. The van der Waals surface area contributed by atoms with Gasteiger partial charge >= 0.3 is 0 Å². The highest BCUT2D eigenvalue weighted by atomic mass is 16.2. The van der Waals surface area contributed by atoms with Gasteiger partial charge in [-0.15, -0.1) is 0 Å². The van der Waals surface area contributed by atoms with Crippen molar-refractivity contribution in [1.29, 1.82) is 0 Å². The van der Waals surface area contributed by atoms with Crippen LogP contribution in [0.3, 0.4) is 0 Å². The van der Waals surface area contributed by atoms with Gasteiger partial charge in [-0.25, -0.2) is 0 Å². The van der Waals surface area contributed by atoms with Crippen molar-refractivity contribution < 1.29 is 4.79 Å². The first-order chi connectivity index (χ1) is 6.02. The molecule has 1 aliphatic rings. The zero-order chi connectivity index (χ0) is 10.0. The van der Waals surface area contributed by atoms with Crippen LogP contribution in [0.15, 0.2) is 11.6 Å². The van der Waals surface area contributed by atoms with Crippen molar-refractivity contribution >= 4 is 5.91 Å². The predicted molar refractivity (Wildman–Crippen MR) is 54.4 cm³/mol. The third-order valence-electron chi connectivity index (χ3n) is 2.60. The molecule has 1 amide bonds. The Morgan fingerprint density at radius 3 is 2.31 bits per heavy atom. The Morgan fingerprint density at radius 2 is 1.92 bits per heavy atom. The number of carbonyl (C=O) groups is 1. The van der Waals surface area contributed by atoms with Crippen LogP contribution >= 0.6 is 0 Å². The highest BCUT2D eigenvalue weighted by Gasteiger charge is 2.21. The minimum Gasteiger partial charge on any atom is -0.336 e. The number of rotatable bonds is 2. The van der Waals surface area contributed by atoms with Crippen LogP contribution in [0.2, 0.25) is 0 Å². The average molecular weight is 181 g/mol. The van der Waals surface area contributed by atoms with E-state index in [-0.39, 0.29) is 5.91 Å². The quantitative estimate of drug-likeness (QED) is 0.639. The van der Waals surface area contributed by atoms with Gasteiger partial charge in [-0.1, -0.05) is 19.4 Å². The average Bonchev–Trinajstić information content (AvgIpc) is 2.03. The van der Waals surface area contributed by atoms with E-state index >= 15 is 0 Å². The van der Waals surface area contributed by atoms with Crippen molar-refractivity contribution in [1.82, 2.24) is 4.90 Å². The molecule has 1 aliphatic heterocycles. The van der Waals surface area contributed by atoms with Gasteiger partial charge < -0.3 is 4.90 Å². The number of nitrogens with zero attached hydrogens (tertiary/aromatic N) is 1. The second-order valence-electron chi connectivity index (χ2n) is 4.25. The van der Waals surface area contributed by atoms with E-state index in [1.54, 1.807) is 0 Å². The number of hydrogen-bond acceptors (Lipinski definition) is 1. The van der Waals surface area contributed by atoms with Crippen molar-refractivity contribution in [3.8, 4) is 0 Å². The summed E-state index contributed by atoms with van der Waals surface area (Å²) in [5.41, 5.74) is 1.29. The summed E-state index contributed by atoms with van der Waals surface area (Å²) in [6.45, 7) is 9.30. The molecule has 0 aromatic rings. The molecule has 0 aromatic heterocycles. The van der Waals surface area contributed by atoms with Crippen LogP contribution in [-0.2, 0) is 4.79 Å². The van der Waals surface area contributed by atoms with Gasteiger partial charge in [0.25, 0.3) is 0 Å². The minimum atomic E-state index is 0.185. The Morgan fingerprint density at radius 1 is 1.31 bits per heavy atom. The molecule has 0 aliphatic carbocycles. The Kier molecular flexibility index (Phi) is 3.12. The molecule has 0 atom stereocenters. The summed E-state index contributed by atoms with van der Waals surface area (Å²) in [6, 6.07) is 0.331. The van der Waals surface area contributed by atoms with E-state index in [1.165, 1.54) is 5.57 Å². The van der Waals surface area contributed by atoms with E-state index in [9.17, 15) is 4.79 Å². The fourth-order valence-corrected chi connectivity index (χ4v) is 1.64. The Balaban J connectivity index is 2.72. The van der Waals surface area contributed by atoms with Gasteiger partial charge in [0.2, 0.25) is 5.91 Å². The van der Waals surface area contributed by atoms with Crippen LogP contribution in [0.5, 0.6) is 0 Å². The van der Waals surface area contributed by atoms with Crippen molar-refractivity contribution in [3.05, 3.63) is 11.6 Å². The summed E-state index contributed by atoms with van der Waals surface area (Å²) < 4.78 is 0. The van der Waals surface area contributed by atoms with Crippen molar-refractivity contribution in [2.24, 2.45) is 5.92 Å². The van der Waals surface area contributed by atoms with Crippen LogP contribution in [0.4, 0.5) is 0 Å². The molecule has 0 fully saturated rings. The summed E-state index contributed by atoms with van der Waals surface area (Å²) in [5.74, 6) is 0.697. The smallest absolute Gasteiger partial charge is 0.246 e. The van der Waals surface area contributed by atoms with Gasteiger partial charge in [0, 0.05) is 18.7 Å². The fourth-order valence-electron chi connectivity index (χ4n) is 1.64. The zero-order valence-electron chi connectivity index (χ0n) is 9.00. The Hall–Kier alpha value is -0.790. The first-order valence-electron chi connectivity index (χ1n) is 5.03. The van der Waals surface area contributed by atoms with E-state index in [2.05, 4.69) is 27.7 Å². The third-order valence-corrected chi connectivity index (χ3v) is 2.60. The number of carbonyl (C=O) groups excluding carboxylic acids is 1. The van der Waals surface area contributed by atoms with Gasteiger partial charge in [0.15, 0.2) is 0 Å². The van der Waals surface area contributed by atoms with Crippen LogP contribution in [0.1, 0.15) is 34.1 Å². The molecule has 0 saturated heterocycles. The van der Waals surface area contributed by atoms with E-state index in [4.69, 9.17) is 0 Å². The molecule has 0 aromatic carbocycles. The van der Waals surface area contributed by atoms with E-state index in [1.807, 2.05) is 11.0 Å². The van der Waals surface area contributed by atoms with Crippen LogP contribution in [0, 0.1) is 5.92 Å². The molecule has 0 unspecified atom stereocenters. The summed E-state index contributed by atoms with van der Waals surface area (Å²) in [5, 5.41) is 0. The lowest BCUT2D eigenvalue weighted by Crippen LogP contribution is -2.39. The van der Waals surface area contributed by atoms with Gasteiger partial charge in [0.1, 0.15) is 0 Å². The maximum Gasteiger partial charge on any atom is 0.246 e. The van der Waals surface area contributed by atoms with Crippen molar-refractivity contribution in [2.75, 3.05) is 6.54 Å². The SMILES string of the molecule is CC(C)C1=CC(=O)N(C(C)C)CC1. The van der Waals surface area contributed by atoms with E-state index < -0.39 is 0 Å². The predicted octanol–water partition coefficient (Wildman–Crippen LogP) is 2.21. The monoisotopic (exact) mass is 181 g/mol. The standard InChI is InChI=1S/C11H19NO/c1-8(2)10-5-6-12(9(3)4)11(13)7-10/h7-9H,5-6H2,1-4H3. The van der Waals surface area contributed by atoms with Gasteiger partial charge in [0.05, 0.1) is 0 Å². The van der Waals surface area contributed by atoms with E-state index in [0.717, 1.165) is 13.0 Å². The highest BCUT2D eigenvalue weighted by Crippen LogP contribution is 2.20. The van der Waals surface area contributed by atoms with Gasteiger partial charge in [-0.2, -0.15) is 0 Å². The molecule has 13 heavy (non-hydrogen) atoms. The lowest BCUT2D eigenvalue weighted by molar-refractivity contribution is -0.128.